The van der Waals surface area contributed by atoms with Crippen molar-refractivity contribution in [3.05, 3.63) is 58.6 Å². The molecule has 0 unspecified atom stereocenters. The summed E-state index contributed by atoms with van der Waals surface area (Å²) in [5.41, 5.74) is 2.44. The van der Waals surface area contributed by atoms with Crippen molar-refractivity contribution in [1.82, 2.24) is 14.5 Å². The molecule has 0 amide bonds. The number of hydrogen-bond acceptors (Lipinski definition) is 3. The fourth-order valence-electron chi connectivity index (χ4n) is 2.16. The third-order valence-corrected chi connectivity index (χ3v) is 3.05. The number of imidazole rings is 1. The predicted octanol–water partition coefficient (Wildman–Crippen LogP) is 1.78. The SMILES string of the molecule is COc1ncccc1Cn1c(=O)[nH]c2ccccc21. The molecule has 0 atom stereocenters. The van der Waals surface area contributed by atoms with Crippen LogP contribution in [0, 0.1) is 0 Å². The van der Waals surface area contributed by atoms with Gasteiger partial charge in [0.25, 0.3) is 0 Å². The van der Waals surface area contributed by atoms with E-state index < -0.39 is 0 Å². The van der Waals surface area contributed by atoms with Crippen LogP contribution >= 0.6 is 0 Å². The topological polar surface area (TPSA) is 59.9 Å². The van der Waals surface area contributed by atoms with Gasteiger partial charge >= 0.3 is 5.69 Å². The Bertz CT molecular complexity index is 773. The highest BCUT2D eigenvalue weighted by Gasteiger charge is 2.09. The molecule has 1 aromatic carbocycles. The molecule has 2 heterocycles. The van der Waals surface area contributed by atoms with Crippen molar-refractivity contribution in [2.75, 3.05) is 7.11 Å². The van der Waals surface area contributed by atoms with Crippen LogP contribution < -0.4 is 10.4 Å². The van der Waals surface area contributed by atoms with Crippen LogP contribution in [0.4, 0.5) is 0 Å². The van der Waals surface area contributed by atoms with Gasteiger partial charge in [-0.25, -0.2) is 9.78 Å². The standard InChI is InChI=1S/C14H13N3O2/c1-19-13-10(5-4-8-15-13)9-17-12-7-3-2-6-11(12)16-14(17)18/h2-8H,9H2,1H3,(H,16,18). The predicted molar refractivity (Wildman–Crippen MR) is 72.4 cm³/mol. The number of aromatic nitrogens is 3. The number of para-hydroxylation sites is 2. The lowest BCUT2D eigenvalue weighted by atomic mass is 10.2. The third-order valence-electron chi connectivity index (χ3n) is 3.05. The summed E-state index contributed by atoms with van der Waals surface area (Å²) in [6.07, 6.45) is 1.67. The summed E-state index contributed by atoms with van der Waals surface area (Å²) < 4.78 is 6.88. The van der Waals surface area contributed by atoms with Gasteiger partial charge < -0.3 is 9.72 Å². The zero-order valence-electron chi connectivity index (χ0n) is 10.5. The molecule has 3 rings (SSSR count). The Morgan fingerprint density at radius 3 is 2.95 bits per heavy atom. The fraction of sp³-hybridized carbons (Fsp3) is 0.143. The first-order valence-electron chi connectivity index (χ1n) is 5.95. The maximum absolute atomic E-state index is 12.0. The van der Waals surface area contributed by atoms with E-state index in [1.807, 2.05) is 36.4 Å². The summed E-state index contributed by atoms with van der Waals surface area (Å²) >= 11 is 0. The molecule has 0 saturated heterocycles. The minimum Gasteiger partial charge on any atom is -0.481 e. The van der Waals surface area contributed by atoms with E-state index in [2.05, 4.69) is 9.97 Å². The molecule has 2 aromatic heterocycles. The number of hydrogen-bond donors (Lipinski definition) is 1. The second kappa shape index (κ2) is 4.61. The first-order valence-corrected chi connectivity index (χ1v) is 5.95. The first kappa shape index (κ1) is 11.5. The summed E-state index contributed by atoms with van der Waals surface area (Å²) in [7, 11) is 1.57. The number of nitrogens with zero attached hydrogens (tertiary/aromatic N) is 2. The summed E-state index contributed by atoms with van der Waals surface area (Å²) in [5, 5.41) is 0. The lowest BCUT2D eigenvalue weighted by Gasteiger charge is -2.07. The molecule has 5 heteroatoms. The Balaban J connectivity index is 2.11. The van der Waals surface area contributed by atoms with Crippen LogP contribution in [0.25, 0.3) is 11.0 Å². The van der Waals surface area contributed by atoms with Gasteiger partial charge in [0.2, 0.25) is 5.88 Å². The van der Waals surface area contributed by atoms with Gasteiger partial charge in [-0.15, -0.1) is 0 Å². The molecule has 0 bridgehead atoms. The van der Waals surface area contributed by atoms with Crippen molar-refractivity contribution >= 4 is 11.0 Å². The zero-order chi connectivity index (χ0) is 13.2. The van der Waals surface area contributed by atoms with Crippen molar-refractivity contribution in [2.24, 2.45) is 0 Å². The van der Waals surface area contributed by atoms with Crippen molar-refractivity contribution in [3.8, 4) is 5.88 Å². The highest BCUT2D eigenvalue weighted by molar-refractivity contribution is 5.75. The molecule has 0 fully saturated rings. The lowest BCUT2D eigenvalue weighted by molar-refractivity contribution is 0.391. The van der Waals surface area contributed by atoms with Gasteiger partial charge in [-0.2, -0.15) is 0 Å². The van der Waals surface area contributed by atoms with Gasteiger partial charge in [0.05, 0.1) is 24.7 Å². The number of benzene rings is 1. The van der Waals surface area contributed by atoms with Crippen LogP contribution in [0.3, 0.4) is 0 Å². The number of aromatic amines is 1. The molecular formula is C14H13N3O2. The number of methoxy groups -OCH3 is 1. The minimum atomic E-state index is -0.132. The van der Waals surface area contributed by atoms with Crippen LogP contribution in [0.15, 0.2) is 47.4 Å². The normalized spacial score (nSPS) is 10.8. The molecule has 3 aromatic rings. The highest BCUT2D eigenvalue weighted by Crippen LogP contribution is 2.17. The van der Waals surface area contributed by atoms with E-state index in [0.717, 1.165) is 16.6 Å². The van der Waals surface area contributed by atoms with Crippen molar-refractivity contribution in [1.29, 1.82) is 0 Å². The minimum absolute atomic E-state index is 0.132. The van der Waals surface area contributed by atoms with Gasteiger partial charge in [-0.1, -0.05) is 18.2 Å². The van der Waals surface area contributed by atoms with Crippen molar-refractivity contribution in [3.63, 3.8) is 0 Å². The van der Waals surface area contributed by atoms with E-state index in [4.69, 9.17) is 4.74 Å². The summed E-state index contributed by atoms with van der Waals surface area (Å²) in [6.45, 7) is 0.430. The average molecular weight is 255 g/mol. The molecule has 19 heavy (non-hydrogen) atoms. The molecule has 0 saturated carbocycles. The molecular weight excluding hydrogens is 242 g/mol. The van der Waals surface area contributed by atoms with E-state index in [0.29, 0.717) is 12.4 Å². The number of nitrogens with one attached hydrogen (secondary N) is 1. The van der Waals surface area contributed by atoms with Crippen LogP contribution in [-0.4, -0.2) is 21.6 Å². The van der Waals surface area contributed by atoms with Gasteiger partial charge in [0.1, 0.15) is 0 Å². The van der Waals surface area contributed by atoms with E-state index in [1.54, 1.807) is 17.9 Å². The van der Waals surface area contributed by atoms with E-state index in [1.165, 1.54) is 0 Å². The number of rotatable bonds is 3. The largest absolute Gasteiger partial charge is 0.481 e. The Hall–Kier alpha value is -2.56. The van der Waals surface area contributed by atoms with Crippen molar-refractivity contribution < 1.29 is 4.74 Å². The van der Waals surface area contributed by atoms with Gasteiger partial charge in [-0.05, 0) is 18.2 Å². The van der Waals surface area contributed by atoms with Crippen molar-refractivity contribution in [2.45, 2.75) is 6.54 Å². The van der Waals surface area contributed by atoms with Crippen LogP contribution in [0.1, 0.15) is 5.56 Å². The molecule has 0 aliphatic rings. The monoisotopic (exact) mass is 255 g/mol. The summed E-state index contributed by atoms with van der Waals surface area (Å²) in [5.74, 6) is 0.541. The van der Waals surface area contributed by atoms with Gasteiger partial charge in [-0.3, -0.25) is 4.57 Å². The summed E-state index contributed by atoms with van der Waals surface area (Å²) in [6, 6.07) is 11.3. The number of ether oxygens (including phenoxy) is 1. The quantitative estimate of drug-likeness (QED) is 0.776. The number of fused-ring (bicyclic) bond motifs is 1. The lowest BCUT2D eigenvalue weighted by Crippen LogP contribution is -2.17. The molecule has 0 aliphatic carbocycles. The van der Waals surface area contributed by atoms with E-state index in [-0.39, 0.29) is 5.69 Å². The van der Waals surface area contributed by atoms with Gasteiger partial charge in [0, 0.05) is 11.8 Å². The number of pyridine rings is 1. The first-order chi connectivity index (χ1) is 9.29. The van der Waals surface area contributed by atoms with Crippen LogP contribution in [0.5, 0.6) is 5.88 Å². The maximum atomic E-state index is 12.0. The fourth-order valence-corrected chi connectivity index (χ4v) is 2.16. The number of H-pyrrole nitrogens is 1. The smallest absolute Gasteiger partial charge is 0.326 e. The summed E-state index contributed by atoms with van der Waals surface area (Å²) in [4.78, 5) is 19.0. The van der Waals surface area contributed by atoms with Crippen LogP contribution in [0.2, 0.25) is 0 Å². The van der Waals surface area contributed by atoms with E-state index in [9.17, 15) is 4.79 Å². The van der Waals surface area contributed by atoms with Crippen LogP contribution in [-0.2, 0) is 6.54 Å². The maximum Gasteiger partial charge on any atom is 0.326 e. The average Bonchev–Trinajstić information content (AvgIpc) is 2.76. The van der Waals surface area contributed by atoms with E-state index >= 15 is 0 Å². The van der Waals surface area contributed by atoms with Gasteiger partial charge in [0.15, 0.2) is 0 Å². The Kier molecular flexibility index (Phi) is 2.79. The molecule has 0 spiro atoms. The molecule has 0 radical (unpaired) electrons. The highest BCUT2D eigenvalue weighted by atomic mass is 16.5. The Labute approximate surface area is 109 Å². The third kappa shape index (κ3) is 1.99. The zero-order valence-corrected chi connectivity index (χ0v) is 10.5. The second-order valence-corrected chi connectivity index (χ2v) is 4.21. The Morgan fingerprint density at radius 2 is 2.11 bits per heavy atom. The molecule has 0 aliphatic heterocycles. The Morgan fingerprint density at radius 1 is 1.26 bits per heavy atom. The second-order valence-electron chi connectivity index (χ2n) is 4.21. The molecule has 1 N–H and O–H groups in total. The molecule has 96 valence electrons. The molecule has 5 nitrogen and oxygen atoms in total.